The van der Waals surface area contributed by atoms with Gasteiger partial charge >= 0.3 is 0 Å². The molecule has 0 unspecified atom stereocenters. The van der Waals surface area contributed by atoms with Gasteiger partial charge in [0.1, 0.15) is 5.82 Å². The lowest BCUT2D eigenvalue weighted by atomic mass is 9.91. The van der Waals surface area contributed by atoms with E-state index in [0.717, 1.165) is 43.9 Å². The molecule has 1 saturated carbocycles. The number of non-ortho nitro benzene ring substituents is 1. The average Bonchev–Trinajstić information content (AvgIpc) is 2.41. The van der Waals surface area contributed by atoms with E-state index in [-0.39, 0.29) is 35.7 Å². The number of nitrogens with zero attached hydrogens (tertiary/aromatic N) is 1. The fourth-order valence-corrected chi connectivity index (χ4v) is 2.33. The number of halogens is 2. The number of hydrogen-bond acceptors (Lipinski definition) is 4. The number of carbonyl (C=O) groups is 1. The van der Waals surface area contributed by atoms with Crippen LogP contribution in [0.2, 0.25) is 0 Å². The monoisotopic (exact) mass is 317 g/mol. The van der Waals surface area contributed by atoms with Crippen molar-refractivity contribution in [2.24, 2.45) is 5.73 Å². The summed E-state index contributed by atoms with van der Waals surface area (Å²) in [6, 6.07) is 3.16. The Labute approximate surface area is 127 Å². The van der Waals surface area contributed by atoms with Gasteiger partial charge in [-0.1, -0.05) is 0 Å². The van der Waals surface area contributed by atoms with Crippen molar-refractivity contribution in [2.45, 2.75) is 37.8 Å². The van der Waals surface area contributed by atoms with Crippen LogP contribution in [0.5, 0.6) is 0 Å². The Kier molecular flexibility index (Phi) is 6.04. The van der Waals surface area contributed by atoms with Crippen LogP contribution in [0.25, 0.3) is 0 Å². The zero-order valence-corrected chi connectivity index (χ0v) is 12.1. The molecule has 1 amide bonds. The number of nitrogens with two attached hydrogens (primary N) is 1. The van der Waals surface area contributed by atoms with Crippen molar-refractivity contribution in [2.75, 3.05) is 0 Å². The number of hydrogen-bond donors (Lipinski definition) is 2. The first-order chi connectivity index (χ1) is 9.47. The largest absolute Gasteiger partial charge is 0.349 e. The van der Waals surface area contributed by atoms with Crippen molar-refractivity contribution >= 4 is 24.0 Å². The summed E-state index contributed by atoms with van der Waals surface area (Å²) in [5.74, 6) is -1.43. The van der Waals surface area contributed by atoms with Gasteiger partial charge in [0.05, 0.1) is 16.6 Å². The zero-order chi connectivity index (χ0) is 14.7. The zero-order valence-electron chi connectivity index (χ0n) is 11.3. The molecule has 0 radical (unpaired) electrons. The number of rotatable bonds is 3. The number of carbonyl (C=O) groups excluding carboxylic acids is 1. The molecule has 6 nitrogen and oxygen atoms in total. The van der Waals surface area contributed by atoms with Gasteiger partial charge in [-0.05, 0) is 31.7 Å². The minimum absolute atomic E-state index is 0. The maximum Gasteiger partial charge on any atom is 0.272 e. The third-order valence-corrected chi connectivity index (χ3v) is 3.52. The number of benzene rings is 1. The quantitative estimate of drug-likeness (QED) is 0.659. The summed E-state index contributed by atoms with van der Waals surface area (Å²) in [5, 5.41) is 13.2. The Balaban J connectivity index is 0.00000220. The Hall–Kier alpha value is -1.73. The molecule has 116 valence electrons. The van der Waals surface area contributed by atoms with Gasteiger partial charge in [-0.2, -0.15) is 0 Å². The first-order valence-corrected chi connectivity index (χ1v) is 6.47. The molecule has 8 heteroatoms. The SMILES string of the molecule is Cl.NC1CCC(NC(=O)c2ccc([N+](=O)[O-])cc2F)CC1. The molecule has 1 aliphatic rings. The lowest BCUT2D eigenvalue weighted by molar-refractivity contribution is -0.385. The minimum Gasteiger partial charge on any atom is -0.349 e. The maximum atomic E-state index is 13.7. The van der Waals surface area contributed by atoms with E-state index in [2.05, 4.69) is 5.32 Å². The third-order valence-electron chi connectivity index (χ3n) is 3.52. The highest BCUT2D eigenvalue weighted by Gasteiger charge is 2.22. The molecule has 1 fully saturated rings. The Morgan fingerprint density at radius 2 is 1.95 bits per heavy atom. The van der Waals surface area contributed by atoms with Crippen LogP contribution in [0, 0.1) is 15.9 Å². The van der Waals surface area contributed by atoms with E-state index in [9.17, 15) is 19.3 Å². The van der Waals surface area contributed by atoms with Crippen molar-refractivity contribution in [3.05, 3.63) is 39.7 Å². The van der Waals surface area contributed by atoms with E-state index in [1.165, 1.54) is 0 Å². The summed E-state index contributed by atoms with van der Waals surface area (Å²) in [5.41, 5.74) is 5.22. The number of nitro groups is 1. The van der Waals surface area contributed by atoms with Crippen molar-refractivity contribution in [3.8, 4) is 0 Å². The number of amides is 1. The fourth-order valence-electron chi connectivity index (χ4n) is 2.33. The van der Waals surface area contributed by atoms with Crippen molar-refractivity contribution in [1.82, 2.24) is 5.32 Å². The van der Waals surface area contributed by atoms with E-state index in [1.54, 1.807) is 0 Å². The molecule has 0 aliphatic heterocycles. The summed E-state index contributed by atoms with van der Waals surface area (Å²) in [6.45, 7) is 0. The smallest absolute Gasteiger partial charge is 0.272 e. The molecule has 0 bridgehead atoms. The molecule has 0 saturated heterocycles. The highest BCUT2D eigenvalue weighted by atomic mass is 35.5. The third kappa shape index (κ3) is 4.37. The topological polar surface area (TPSA) is 98.3 Å². The van der Waals surface area contributed by atoms with Gasteiger partial charge in [-0.15, -0.1) is 12.4 Å². The molecule has 0 heterocycles. The number of nitro benzene ring substituents is 1. The molecule has 3 N–H and O–H groups in total. The second kappa shape index (κ2) is 7.33. The molecular formula is C13H17ClFN3O3. The fraction of sp³-hybridized carbons (Fsp3) is 0.462. The Morgan fingerprint density at radius 3 is 2.48 bits per heavy atom. The lowest BCUT2D eigenvalue weighted by Crippen LogP contribution is -2.40. The summed E-state index contributed by atoms with van der Waals surface area (Å²) in [4.78, 5) is 21.8. The Bertz CT molecular complexity index is 533. The lowest BCUT2D eigenvalue weighted by Gasteiger charge is -2.26. The molecule has 1 aliphatic carbocycles. The predicted molar refractivity (Wildman–Crippen MR) is 78.0 cm³/mol. The van der Waals surface area contributed by atoms with Gasteiger partial charge in [0, 0.05) is 18.2 Å². The van der Waals surface area contributed by atoms with Crippen LogP contribution in [0.3, 0.4) is 0 Å². The van der Waals surface area contributed by atoms with Crippen molar-refractivity contribution < 1.29 is 14.1 Å². The van der Waals surface area contributed by atoms with E-state index < -0.39 is 16.6 Å². The molecule has 0 atom stereocenters. The van der Waals surface area contributed by atoms with Gasteiger partial charge in [0.25, 0.3) is 11.6 Å². The van der Waals surface area contributed by atoms with Crippen LogP contribution in [0.1, 0.15) is 36.0 Å². The first-order valence-electron chi connectivity index (χ1n) is 6.47. The minimum atomic E-state index is -0.885. The van der Waals surface area contributed by atoms with Gasteiger partial charge in [-0.25, -0.2) is 4.39 Å². The first kappa shape index (κ1) is 17.3. The summed E-state index contributed by atoms with van der Waals surface area (Å²) < 4.78 is 13.7. The predicted octanol–water partition coefficient (Wildman–Crippen LogP) is 2.16. The van der Waals surface area contributed by atoms with Crippen LogP contribution < -0.4 is 11.1 Å². The van der Waals surface area contributed by atoms with E-state index in [4.69, 9.17) is 5.73 Å². The molecule has 1 aromatic carbocycles. The van der Waals surface area contributed by atoms with Gasteiger partial charge in [0.15, 0.2) is 0 Å². The second-order valence-electron chi connectivity index (χ2n) is 5.01. The van der Waals surface area contributed by atoms with Crippen molar-refractivity contribution in [3.63, 3.8) is 0 Å². The normalized spacial score (nSPS) is 21.2. The van der Waals surface area contributed by atoms with Gasteiger partial charge in [-0.3, -0.25) is 14.9 Å². The van der Waals surface area contributed by atoms with Crippen LogP contribution in [-0.4, -0.2) is 22.9 Å². The van der Waals surface area contributed by atoms with Crippen molar-refractivity contribution in [1.29, 1.82) is 0 Å². The van der Waals surface area contributed by atoms with Gasteiger partial charge < -0.3 is 11.1 Å². The molecule has 0 aromatic heterocycles. The summed E-state index contributed by atoms with van der Waals surface area (Å²) in [7, 11) is 0. The van der Waals surface area contributed by atoms with E-state index in [0.29, 0.717) is 0 Å². The molecule has 0 spiro atoms. The average molecular weight is 318 g/mol. The number of nitrogens with one attached hydrogen (secondary N) is 1. The van der Waals surface area contributed by atoms with Crippen LogP contribution in [0.4, 0.5) is 10.1 Å². The molecular weight excluding hydrogens is 301 g/mol. The molecule has 1 aromatic rings. The highest BCUT2D eigenvalue weighted by Crippen LogP contribution is 2.19. The molecule has 21 heavy (non-hydrogen) atoms. The maximum absolute atomic E-state index is 13.7. The highest BCUT2D eigenvalue weighted by molar-refractivity contribution is 5.94. The van der Waals surface area contributed by atoms with Gasteiger partial charge in [0.2, 0.25) is 0 Å². The van der Waals surface area contributed by atoms with E-state index in [1.807, 2.05) is 0 Å². The summed E-state index contributed by atoms with van der Waals surface area (Å²) >= 11 is 0. The van der Waals surface area contributed by atoms with Crippen LogP contribution >= 0.6 is 12.4 Å². The Morgan fingerprint density at radius 1 is 1.33 bits per heavy atom. The van der Waals surface area contributed by atoms with Crippen LogP contribution in [-0.2, 0) is 0 Å². The molecule has 2 rings (SSSR count). The summed E-state index contributed by atoms with van der Waals surface area (Å²) in [6.07, 6.45) is 3.18. The second-order valence-corrected chi connectivity index (χ2v) is 5.01. The van der Waals surface area contributed by atoms with Crippen LogP contribution in [0.15, 0.2) is 18.2 Å². The standard InChI is InChI=1S/C13H16FN3O3.ClH/c14-12-7-10(17(19)20)5-6-11(12)13(18)16-9-3-1-8(15)2-4-9;/h5-9H,1-4,15H2,(H,16,18);1H. The van der Waals surface area contributed by atoms with E-state index >= 15 is 0 Å².